The molecule has 0 aliphatic heterocycles. The first-order valence-electron chi connectivity index (χ1n) is 10.0. The zero-order chi connectivity index (χ0) is 20.0. The zero-order valence-electron chi connectivity index (χ0n) is 16.8. The van der Waals surface area contributed by atoms with Gasteiger partial charge in [0.15, 0.2) is 5.96 Å². The van der Waals surface area contributed by atoms with E-state index >= 15 is 0 Å². The van der Waals surface area contributed by atoms with Crippen LogP contribution in [0.3, 0.4) is 0 Å². The summed E-state index contributed by atoms with van der Waals surface area (Å²) in [6, 6.07) is 7.11. The van der Waals surface area contributed by atoms with E-state index in [0.717, 1.165) is 43.9 Å². The summed E-state index contributed by atoms with van der Waals surface area (Å²) in [6.45, 7) is 2.26. The number of hydrogen-bond acceptors (Lipinski definition) is 4. The Labute approximate surface area is 168 Å². The first-order chi connectivity index (χ1) is 13.5. The van der Waals surface area contributed by atoms with E-state index in [0.29, 0.717) is 16.9 Å². The molecule has 0 saturated heterocycles. The molecule has 7 nitrogen and oxygen atoms in total. The third kappa shape index (κ3) is 5.68. The summed E-state index contributed by atoms with van der Waals surface area (Å²) in [5.74, 6) is 0.760. The van der Waals surface area contributed by atoms with Crippen molar-refractivity contribution in [3.8, 4) is 0 Å². The number of ether oxygens (including phenoxy) is 1. The Hall–Kier alpha value is -1.64. The van der Waals surface area contributed by atoms with E-state index in [2.05, 4.69) is 20.3 Å². The van der Waals surface area contributed by atoms with Crippen molar-refractivity contribution < 1.29 is 13.2 Å². The monoisotopic (exact) mass is 408 g/mol. The molecule has 156 valence electrons. The molecule has 8 heteroatoms. The fraction of sp³-hybridized carbons (Fsp3) is 0.650. The van der Waals surface area contributed by atoms with Gasteiger partial charge < -0.3 is 15.4 Å². The van der Waals surface area contributed by atoms with E-state index in [1.54, 1.807) is 26.3 Å². The van der Waals surface area contributed by atoms with Gasteiger partial charge in [-0.15, -0.1) is 0 Å². The van der Waals surface area contributed by atoms with Crippen molar-refractivity contribution in [3.05, 3.63) is 29.8 Å². The number of benzene rings is 1. The van der Waals surface area contributed by atoms with Gasteiger partial charge in [-0.1, -0.05) is 18.6 Å². The van der Waals surface area contributed by atoms with Gasteiger partial charge in [0, 0.05) is 39.9 Å². The van der Waals surface area contributed by atoms with Gasteiger partial charge in [0.2, 0.25) is 10.0 Å². The van der Waals surface area contributed by atoms with Crippen LogP contribution in [0.1, 0.15) is 44.1 Å². The van der Waals surface area contributed by atoms with Crippen molar-refractivity contribution in [3.63, 3.8) is 0 Å². The predicted molar refractivity (Wildman–Crippen MR) is 111 cm³/mol. The van der Waals surface area contributed by atoms with Gasteiger partial charge in [0.05, 0.1) is 4.90 Å². The van der Waals surface area contributed by atoms with Crippen LogP contribution in [-0.2, 0) is 21.3 Å². The van der Waals surface area contributed by atoms with Crippen LogP contribution >= 0.6 is 0 Å². The molecule has 3 N–H and O–H groups in total. The zero-order valence-corrected chi connectivity index (χ0v) is 17.6. The summed E-state index contributed by atoms with van der Waals surface area (Å²) in [5.41, 5.74) is 1.32. The maximum Gasteiger partial charge on any atom is 0.240 e. The molecule has 2 aliphatic rings. The lowest BCUT2D eigenvalue weighted by Gasteiger charge is -2.42. The van der Waals surface area contributed by atoms with Crippen LogP contribution in [-0.4, -0.2) is 47.7 Å². The van der Waals surface area contributed by atoms with Gasteiger partial charge in [-0.05, 0) is 55.2 Å². The second-order valence-corrected chi connectivity index (χ2v) is 9.63. The van der Waals surface area contributed by atoms with Crippen LogP contribution in [0.4, 0.5) is 0 Å². The number of nitrogens with zero attached hydrogens (tertiary/aromatic N) is 1. The highest BCUT2D eigenvalue weighted by Crippen LogP contribution is 2.43. The first-order valence-corrected chi connectivity index (χ1v) is 11.5. The summed E-state index contributed by atoms with van der Waals surface area (Å²) in [7, 11) is 0.114. The van der Waals surface area contributed by atoms with E-state index in [1.165, 1.54) is 19.3 Å². The highest BCUT2D eigenvalue weighted by Gasteiger charge is 2.36. The number of aliphatic imine (C=N–C) groups is 1. The topological polar surface area (TPSA) is 91.8 Å². The number of nitrogens with one attached hydrogen (secondary N) is 3. The molecule has 0 unspecified atom stereocenters. The third-order valence-corrected chi connectivity index (χ3v) is 7.23. The SMILES string of the molecule is CN=C(NCc1ccc(S(=O)(=O)NC2CC2)cc1)NCC1(CCOC)CCC1. The number of methoxy groups -OCH3 is 1. The average Bonchev–Trinajstić information content (AvgIpc) is 3.46. The van der Waals surface area contributed by atoms with Crippen LogP contribution in [0.15, 0.2) is 34.2 Å². The Balaban J connectivity index is 1.48. The van der Waals surface area contributed by atoms with Gasteiger partial charge in [-0.3, -0.25) is 4.99 Å². The fourth-order valence-electron chi connectivity index (χ4n) is 3.46. The molecule has 1 aromatic carbocycles. The van der Waals surface area contributed by atoms with E-state index < -0.39 is 10.0 Å². The molecule has 0 heterocycles. The Bertz CT molecular complexity index is 769. The summed E-state index contributed by atoms with van der Waals surface area (Å²) in [4.78, 5) is 4.61. The third-order valence-electron chi connectivity index (χ3n) is 5.70. The lowest BCUT2D eigenvalue weighted by atomic mass is 9.67. The van der Waals surface area contributed by atoms with Crippen molar-refractivity contribution in [1.82, 2.24) is 15.4 Å². The molecule has 1 aromatic rings. The van der Waals surface area contributed by atoms with Crippen molar-refractivity contribution >= 4 is 16.0 Å². The minimum atomic E-state index is -3.40. The van der Waals surface area contributed by atoms with E-state index in [4.69, 9.17) is 4.74 Å². The minimum absolute atomic E-state index is 0.114. The maximum atomic E-state index is 12.2. The van der Waals surface area contributed by atoms with Crippen LogP contribution in [0.2, 0.25) is 0 Å². The Morgan fingerprint density at radius 1 is 1.21 bits per heavy atom. The lowest BCUT2D eigenvalue weighted by molar-refractivity contribution is 0.0732. The minimum Gasteiger partial charge on any atom is -0.385 e. The molecular formula is C20H32N4O3S. The largest absolute Gasteiger partial charge is 0.385 e. The summed E-state index contributed by atoms with van der Waals surface area (Å²) in [5, 5.41) is 6.74. The predicted octanol–water partition coefficient (Wildman–Crippen LogP) is 2.00. The van der Waals surface area contributed by atoms with Crippen LogP contribution in [0.25, 0.3) is 0 Å². The standard InChI is InChI=1S/C20H32N4O3S/c1-21-19(23-15-20(10-3-11-20)12-13-27-2)22-14-16-4-8-18(9-5-16)28(25,26)24-17-6-7-17/h4-5,8-9,17,24H,3,6-7,10-15H2,1-2H3,(H2,21,22,23). The fourth-order valence-corrected chi connectivity index (χ4v) is 4.77. The van der Waals surface area contributed by atoms with Crippen LogP contribution in [0, 0.1) is 5.41 Å². The maximum absolute atomic E-state index is 12.2. The highest BCUT2D eigenvalue weighted by molar-refractivity contribution is 7.89. The Kier molecular flexibility index (Phi) is 6.95. The average molecular weight is 409 g/mol. The lowest BCUT2D eigenvalue weighted by Crippen LogP contribution is -2.46. The smallest absolute Gasteiger partial charge is 0.240 e. The molecule has 0 aromatic heterocycles. The molecule has 0 atom stereocenters. The quantitative estimate of drug-likeness (QED) is 0.407. The molecule has 3 rings (SSSR count). The van der Waals surface area contributed by atoms with Crippen LogP contribution < -0.4 is 15.4 Å². The first kappa shape index (κ1) is 21.1. The molecule has 0 bridgehead atoms. The van der Waals surface area contributed by atoms with Gasteiger partial charge in [0.1, 0.15) is 0 Å². The van der Waals surface area contributed by atoms with Gasteiger partial charge >= 0.3 is 0 Å². The highest BCUT2D eigenvalue weighted by atomic mass is 32.2. The number of sulfonamides is 1. The van der Waals surface area contributed by atoms with Gasteiger partial charge in [-0.2, -0.15) is 0 Å². The summed E-state index contributed by atoms with van der Waals surface area (Å²) in [6.07, 6.45) is 6.66. The summed E-state index contributed by atoms with van der Waals surface area (Å²) < 4.78 is 32.4. The Morgan fingerprint density at radius 2 is 1.93 bits per heavy atom. The van der Waals surface area contributed by atoms with E-state index in [1.807, 2.05) is 12.1 Å². The van der Waals surface area contributed by atoms with Gasteiger partial charge in [0.25, 0.3) is 0 Å². The second-order valence-electron chi connectivity index (χ2n) is 7.92. The molecule has 0 spiro atoms. The molecule has 2 saturated carbocycles. The van der Waals surface area contributed by atoms with E-state index in [-0.39, 0.29) is 6.04 Å². The number of hydrogen-bond donors (Lipinski definition) is 3. The van der Waals surface area contributed by atoms with Crippen molar-refractivity contribution in [2.75, 3.05) is 27.3 Å². The molecule has 0 radical (unpaired) electrons. The molecule has 0 amide bonds. The molecule has 28 heavy (non-hydrogen) atoms. The normalized spacial score (nSPS) is 19.1. The summed E-state index contributed by atoms with van der Waals surface area (Å²) >= 11 is 0. The molecule has 2 aliphatic carbocycles. The van der Waals surface area contributed by atoms with Crippen LogP contribution in [0.5, 0.6) is 0 Å². The number of rotatable bonds is 10. The van der Waals surface area contributed by atoms with Gasteiger partial charge in [-0.25, -0.2) is 13.1 Å². The van der Waals surface area contributed by atoms with Crippen molar-refractivity contribution in [1.29, 1.82) is 0 Å². The Morgan fingerprint density at radius 3 is 2.46 bits per heavy atom. The van der Waals surface area contributed by atoms with Crippen molar-refractivity contribution in [2.45, 2.75) is 56.0 Å². The molecular weight excluding hydrogens is 376 g/mol. The molecule has 2 fully saturated rings. The second kappa shape index (κ2) is 9.24. The van der Waals surface area contributed by atoms with E-state index in [9.17, 15) is 8.42 Å². The van der Waals surface area contributed by atoms with Crippen molar-refractivity contribution in [2.24, 2.45) is 10.4 Å². The number of guanidine groups is 1.